The standard InChI is InChI=1S/C23H28N8O3/c1-29-13-15-12-18(21(27-20(15)28-29)30-9-3-2-4-10-30)26-22(32)17-6-5-7-19(25-17)31-11-8-16(14-31)24-23(33)34/h5-7,12-13,16,24H,2-4,8-11,14H2,1H3,(H,26,32)(H,33,34). The molecular weight excluding hydrogens is 436 g/mol. The largest absolute Gasteiger partial charge is 0.465 e. The Morgan fingerprint density at radius 1 is 1.09 bits per heavy atom. The highest BCUT2D eigenvalue weighted by atomic mass is 16.4. The summed E-state index contributed by atoms with van der Waals surface area (Å²) < 4.78 is 1.72. The molecule has 0 aromatic carbocycles. The van der Waals surface area contributed by atoms with Gasteiger partial charge in [0.05, 0.1) is 11.7 Å². The molecule has 2 fully saturated rings. The number of aromatic nitrogens is 4. The number of carbonyl (C=O) groups excluding carboxylic acids is 1. The molecule has 0 aliphatic carbocycles. The summed E-state index contributed by atoms with van der Waals surface area (Å²) in [6.07, 6.45) is 4.92. The molecule has 2 saturated heterocycles. The Kier molecular flexibility index (Phi) is 5.91. The van der Waals surface area contributed by atoms with Gasteiger partial charge < -0.3 is 25.5 Å². The summed E-state index contributed by atoms with van der Waals surface area (Å²) in [6, 6.07) is 7.08. The Hall–Kier alpha value is -3.89. The monoisotopic (exact) mass is 464 g/mol. The predicted octanol–water partition coefficient (Wildman–Crippen LogP) is 2.45. The quantitative estimate of drug-likeness (QED) is 0.525. The lowest BCUT2D eigenvalue weighted by Crippen LogP contribution is -2.36. The van der Waals surface area contributed by atoms with Gasteiger partial charge in [-0.2, -0.15) is 5.10 Å². The van der Waals surface area contributed by atoms with Crippen LogP contribution in [-0.4, -0.2) is 69.1 Å². The molecule has 0 spiro atoms. The number of amides is 2. The van der Waals surface area contributed by atoms with E-state index in [2.05, 4.69) is 25.6 Å². The van der Waals surface area contributed by atoms with Gasteiger partial charge in [0.25, 0.3) is 5.91 Å². The van der Waals surface area contributed by atoms with Crippen molar-refractivity contribution in [2.24, 2.45) is 7.05 Å². The maximum Gasteiger partial charge on any atom is 0.404 e. The molecule has 0 bridgehead atoms. The van der Waals surface area contributed by atoms with E-state index in [-0.39, 0.29) is 11.9 Å². The first-order valence-corrected chi connectivity index (χ1v) is 11.6. The molecule has 0 radical (unpaired) electrons. The number of nitrogens with one attached hydrogen (secondary N) is 2. The lowest BCUT2D eigenvalue weighted by molar-refractivity contribution is 0.102. The fourth-order valence-corrected chi connectivity index (χ4v) is 4.68. The molecule has 5 rings (SSSR count). The number of pyridine rings is 2. The van der Waals surface area contributed by atoms with Crippen LogP contribution in [0.4, 0.5) is 22.1 Å². The average molecular weight is 465 g/mol. The van der Waals surface area contributed by atoms with E-state index < -0.39 is 6.09 Å². The number of carbonyl (C=O) groups is 2. The van der Waals surface area contributed by atoms with E-state index in [1.807, 2.05) is 30.3 Å². The highest BCUT2D eigenvalue weighted by Gasteiger charge is 2.26. The molecule has 34 heavy (non-hydrogen) atoms. The van der Waals surface area contributed by atoms with Crippen molar-refractivity contribution in [3.8, 4) is 0 Å². The van der Waals surface area contributed by atoms with Crippen LogP contribution in [-0.2, 0) is 7.05 Å². The second-order valence-electron chi connectivity index (χ2n) is 8.84. The van der Waals surface area contributed by atoms with Gasteiger partial charge in [0.1, 0.15) is 11.5 Å². The molecule has 11 heteroatoms. The third-order valence-corrected chi connectivity index (χ3v) is 6.30. The predicted molar refractivity (Wildman–Crippen MR) is 129 cm³/mol. The van der Waals surface area contributed by atoms with E-state index in [1.165, 1.54) is 6.42 Å². The Balaban J connectivity index is 1.38. The molecule has 5 heterocycles. The van der Waals surface area contributed by atoms with Gasteiger partial charge >= 0.3 is 6.09 Å². The second-order valence-corrected chi connectivity index (χ2v) is 8.84. The van der Waals surface area contributed by atoms with E-state index in [9.17, 15) is 9.59 Å². The minimum absolute atomic E-state index is 0.152. The van der Waals surface area contributed by atoms with Crippen molar-refractivity contribution >= 4 is 40.4 Å². The van der Waals surface area contributed by atoms with Gasteiger partial charge in [0.2, 0.25) is 0 Å². The number of rotatable bonds is 5. The van der Waals surface area contributed by atoms with Gasteiger partial charge in [-0.15, -0.1) is 0 Å². The van der Waals surface area contributed by atoms with Crippen LogP contribution >= 0.6 is 0 Å². The van der Waals surface area contributed by atoms with Crippen LogP contribution in [0.25, 0.3) is 11.0 Å². The van der Waals surface area contributed by atoms with Crippen LogP contribution in [0.5, 0.6) is 0 Å². The lowest BCUT2D eigenvalue weighted by Gasteiger charge is -2.29. The number of carboxylic acid groups (broad SMARTS) is 1. The molecule has 178 valence electrons. The summed E-state index contributed by atoms with van der Waals surface area (Å²) in [7, 11) is 1.85. The maximum absolute atomic E-state index is 13.2. The van der Waals surface area contributed by atoms with Crippen molar-refractivity contribution in [1.82, 2.24) is 25.1 Å². The zero-order valence-electron chi connectivity index (χ0n) is 19.1. The number of anilines is 3. The van der Waals surface area contributed by atoms with Crippen molar-refractivity contribution in [2.45, 2.75) is 31.7 Å². The minimum Gasteiger partial charge on any atom is -0.465 e. The molecule has 3 N–H and O–H groups in total. The Labute approximate surface area is 196 Å². The maximum atomic E-state index is 13.2. The number of aryl methyl sites for hydroxylation is 1. The van der Waals surface area contributed by atoms with Gasteiger partial charge in [-0.1, -0.05) is 6.07 Å². The number of piperidine rings is 1. The zero-order valence-corrected chi connectivity index (χ0v) is 19.1. The van der Waals surface area contributed by atoms with Gasteiger partial charge in [0.15, 0.2) is 11.5 Å². The Morgan fingerprint density at radius 2 is 1.91 bits per heavy atom. The molecule has 0 saturated carbocycles. The fourth-order valence-electron chi connectivity index (χ4n) is 4.68. The van der Waals surface area contributed by atoms with Crippen molar-refractivity contribution in [1.29, 1.82) is 0 Å². The van der Waals surface area contributed by atoms with E-state index in [4.69, 9.17) is 10.1 Å². The van der Waals surface area contributed by atoms with Crippen LogP contribution in [0, 0.1) is 0 Å². The minimum atomic E-state index is -1.03. The highest BCUT2D eigenvalue weighted by Crippen LogP contribution is 2.30. The number of fused-ring (bicyclic) bond motifs is 1. The molecule has 2 amide bonds. The topological polar surface area (TPSA) is 129 Å². The second kappa shape index (κ2) is 9.16. The van der Waals surface area contributed by atoms with Crippen LogP contribution in [0.2, 0.25) is 0 Å². The summed E-state index contributed by atoms with van der Waals surface area (Å²) >= 11 is 0. The van der Waals surface area contributed by atoms with Crippen LogP contribution in [0.1, 0.15) is 36.2 Å². The van der Waals surface area contributed by atoms with Crippen molar-refractivity contribution in [2.75, 3.05) is 41.3 Å². The van der Waals surface area contributed by atoms with Crippen molar-refractivity contribution in [3.63, 3.8) is 0 Å². The Morgan fingerprint density at radius 3 is 2.71 bits per heavy atom. The average Bonchev–Trinajstić information content (AvgIpc) is 3.44. The fraction of sp³-hybridized carbons (Fsp3) is 0.435. The summed E-state index contributed by atoms with van der Waals surface area (Å²) in [5.41, 5.74) is 1.59. The normalized spacial score (nSPS) is 18.3. The molecule has 1 atom stereocenters. The van der Waals surface area contributed by atoms with E-state index in [1.54, 1.807) is 16.8 Å². The molecular formula is C23H28N8O3. The van der Waals surface area contributed by atoms with E-state index in [0.717, 1.165) is 37.1 Å². The number of nitrogens with zero attached hydrogens (tertiary/aromatic N) is 6. The molecule has 1 unspecified atom stereocenters. The molecule has 11 nitrogen and oxygen atoms in total. The third-order valence-electron chi connectivity index (χ3n) is 6.30. The summed E-state index contributed by atoms with van der Waals surface area (Å²) in [5.74, 6) is 1.07. The lowest BCUT2D eigenvalue weighted by atomic mass is 10.1. The first-order chi connectivity index (χ1) is 16.5. The molecule has 2 aliphatic rings. The third kappa shape index (κ3) is 4.59. The van der Waals surface area contributed by atoms with Crippen molar-refractivity contribution in [3.05, 3.63) is 36.2 Å². The van der Waals surface area contributed by atoms with Gasteiger partial charge in [0, 0.05) is 44.8 Å². The van der Waals surface area contributed by atoms with Crippen molar-refractivity contribution < 1.29 is 14.7 Å². The van der Waals surface area contributed by atoms with Gasteiger partial charge in [-0.3, -0.25) is 9.48 Å². The zero-order chi connectivity index (χ0) is 23.7. The molecule has 2 aliphatic heterocycles. The van der Waals surface area contributed by atoms with Gasteiger partial charge in [-0.05, 0) is 43.9 Å². The van der Waals surface area contributed by atoms with Crippen LogP contribution in [0.15, 0.2) is 30.5 Å². The van der Waals surface area contributed by atoms with Crippen LogP contribution in [0.3, 0.4) is 0 Å². The molecule has 3 aromatic rings. The summed E-state index contributed by atoms with van der Waals surface area (Å²) in [6.45, 7) is 2.97. The van der Waals surface area contributed by atoms with Gasteiger partial charge in [-0.25, -0.2) is 14.8 Å². The van der Waals surface area contributed by atoms with E-state index in [0.29, 0.717) is 42.4 Å². The summed E-state index contributed by atoms with van der Waals surface area (Å²) in [4.78, 5) is 37.7. The highest BCUT2D eigenvalue weighted by molar-refractivity contribution is 6.05. The SMILES string of the molecule is Cn1cc2cc(NC(=O)c3cccc(N4CCC(NC(=O)O)C4)n3)c(N3CCCCC3)nc2n1. The number of hydrogen-bond donors (Lipinski definition) is 3. The van der Waals surface area contributed by atoms with E-state index >= 15 is 0 Å². The first-order valence-electron chi connectivity index (χ1n) is 11.6. The summed E-state index contributed by atoms with van der Waals surface area (Å²) in [5, 5.41) is 19.8. The Bertz CT molecular complexity index is 1220. The number of hydrogen-bond acceptors (Lipinski definition) is 7. The van der Waals surface area contributed by atoms with Crippen LogP contribution < -0.4 is 20.4 Å². The molecule has 3 aromatic heterocycles. The smallest absolute Gasteiger partial charge is 0.404 e. The first kappa shape index (κ1) is 21.9.